The normalized spacial score (nSPS) is 12.5. The number of ether oxygens (including phenoxy) is 4. The maximum atomic E-state index is 11.3. The van der Waals surface area contributed by atoms with Crippen molar-refractivity contribution in [2.45, 2.75) is 6.42 Å². The first-order valence-electron chi connectivity index (χ1n) is 6.07. The number of rotatable bonds is 5. The lowest BCUT2D eigenvalue weighted by Gasteiger charge is -2.13. The summed E-state index contributed by atoms with van der Waals surface area (Å²) in [4.78, 5) is 11.3. The van der Waals surface area contributed by atoms with Gasteiger partial charge < -0.3 is 18.9 Å². The van der Waals surface area contributed by atoms with Crippen molar-refractivity contribution < 1.29 is 23.7 Å². The zero-order valence-corrected chi connectivity index (χ0v) is 11.5. The van der Waals surface area contributed by atoms with Gasteiger partial charge in [0.2, 0.25) is 6.79 Å². The molecule has 20 heavy (non-hydrogen) atoms. The van der Waals surface area contributed by atoms with Gasteiger partial charge >= 0.3 is 5.97 Å². The second-order valence-electron chi connectivity index (χ2n) is 4.07. The molecule has 1 aromatic carbocycles. The van der Waals surface area contributed by atoms with Crippen molar-refractivity contribution in [1.82, 2.24) is 0 Å². The summed E-state index contributed by atoms with van der Waals surface area (Å²) in [5, 5.41) is 0. The minimum Gasteiger partial charge on any atom is -0.496 e. The Morgan fingerprint density at radius 1 is 1.45 bits per heavy atom. The van der Waals surface area contributed by atoms with Crippen LogP contribution in [-0.2, 0) is 16.0 Å². The summed E-state index contributed by atoms with van der Waals surface area (Å²) in [6.07, 6.45) is 5.31. The van der Waals surface area contributed by atoms with Gasteiger partial charge in [0.1, 0.15) is 5.75 Å². The number of hydrogen-bond acceptors (Lipinski definition) is 5. The third-order valence-electron chi connectivity index (χ3n) is 2.88. The number of methoxy groups -OCH3 is 2. The van der Waals surface area contributed by atoms with Gasteiger partial charge in [-0.05, 0) is 18.6 Å². The first-order valence-corrected chi connectivity index (χ1v) is 6.07. The zero-order valence-electron chi connectivity index (χ0n) is 11.5. The largest absolute Gasteiger partial charge is 0.496 e. The van der Waals surface area contributed by atoms with E-state index in [2.05, 4.69) is 11.3 Å². The lowest BCUT2D eigenvalue weighted by Crippen LogP contribution is -1.98. The van der Waals surface area contributed by atoms with Crippen LogP contribution in [0.15, 0.2) is 24.8 Å². The van der Waals surface area contributed by atoms with Crippen LogP contribution < -0.4 is 14.2 Å². The summed E-state index contributed by atoms with van der Waals surface area (Å²) < 4.78 is 20.9. The molecule has 0 aromatic heterocycles. The van der Waals surface area contributed by atoms with Gasteiger partial charge in [0.25, 0.3) is 0 Å². The third-order valence-corrected chi connectivity index (χ3v) is 2.88. The quantitative estimate of drug-likeness (QED) is 0.469. The molecule has 0 amide bonds. The van der Waals surface area contributed by atoms with Gasteiger partial charge in [-0.25, -0.2) is 4.79 Å². The van der Waals surface area contributed by atoms with E-state index in [0.717, 1.165) is 5.56 Å². The molecule has 1 heterocycles. The number of benzene rings is 1. The van der Waals surface area contributed by atoms with Gasteiger partial charge in [-0.15, -0.1) is 6.58 Å². The van der Waals surface area contributed by atoms with Crippen molar-refractivity contribution in [3.05, 3.63) is 35.9 Å². The van der Waals surface area contributed by atoms with Crippen LogP contribution in [0.25, 0.3) is 6.08 Å². The molecule has 0 saturated carbocycles. The highest BCUT2D eigenvalue weighted by Gasteiger charge is 2.23. The molecule has 106 valence electrons. The fraction of sp³-hybridized carbons (Fsp3) is 0.267. The molecule has 5 heteroatoms. The molecule has 0 atom stereocenters. The van der Waals surface area contributed by atoms with Crippen LogP contribution in [0.2, 0.25) is 0 Å². The van der Waals surface area contributed by atoms with Gasteiger partial charge in [-0.3, -0.25) is 0 Å². The summed E-state index contributed by atoms with van der Waals surface area (Å²) in [5.41, 5.74) is 1.57. The Hall–Kier alpha value is -2.43. The highest BCUT2D eigenvalue weighted by Crippen LogP contribution is 2.44. The number of carbonyl (C=O) groups is 1. The molecule has 2 rings (SSSR count). The smallest absolute Gasteiger partial charge is 0.330 e. The molecule has 0 saturated heterocycles. The molecule has 0 N–H and O–H groups in total. The second kappa shape index (κ2) is 6.14. The summed E-state index contributed by atoms with van der Waals surface area (Å²) in [7, 11) is 2.89. The fourth-order valence-corrected chi connectivity index (χ4v) is 2.03. The number of hydrogen-bond donors (Lipinski definition) is 0. The Bertz CT molecular complexity index is 560. The Balaban J connectivity index is 2.53. The third kappa shape index (κ3) is 2.61. The average Bonchev–Trinajstić information content (AvgIpc) is 2.92. The topological polar surface area (TPSA) is 54.0 Å². The van der Waals surface area contributed by atoms with E-state index >= 15 is 0 Å². The Kier molecular flexibility index (Phi) is 4.30. The van der Waals surface area contributed by atoms with E-state index < -0.39 is 5.97 Å². The van der Waals surface area contributed by atoms with Crippen molar-refractivity contribution in [3.63, 3.8) is 0 Å². The standard InChI is InChI=1S/C15H16O5/c1-4-5-10-8-12-15(20-9-19-12)11(14(10)18-3)6-7-13(16)17-2/h4,6-8H,1,5,9H2,2-3H3. The highest BCUT2D eigenvalue weighted by molar-refractivity contribution is 5.89. The summed E-state index contributed by atoms with van der Waals surface area (Å²) in [6, 6.07) is 1.86. The molecule has 1 aromatic rings. The molecule has 0 unspecified atom stereocenters. The van der Waals surface area contributed by atoms with Crippen LogP contribution in [0.1, 0.15) is 11.1 Å². The molecule has 0 radical (unpaired) electrons. The van der Waals surface area contributed by atoms with Crippen molar-refractivity contribution >= 4 is 12.0 Å². The number of fused-ring (bicyclic) bond motifs is 1. The predicted octanol–water partition coefficient (Wildman–Crippen LogP) is 2.34. The van der Waals surface area contributed by atoms with E-state index in [1.807, 2.05) is 6.07 Å². The molecule has 0 spiro atoms. The maximum Gasteiger partial charge on any atom is 0.330 e. The predicted molar refractivity (Wildman–Crippen MR) is 74.1 cm³/mol. The SMILES string of the molecule is C=CCc1cc2c(c(C=CC(=O)OC)c1OC)OCO2. The first kappa shape index (κ1) is 14.0. The van der Waals surface area contributed by atoms with E-state index in [0.29, 0.717) is 29.2 Å². The Labute approximate surface area is 117 Å². The van der Waals surface area contributed by atoms with Crippen LogP contribution in [0.4, 0.5) is 0 Å². The Morgan fingerprint density at radius 2 is 2.25 bits per heavy atom. The van der Waals surface area contributed by atoms with Gasteiger partial charge in [0.05, 0.1) is 19.8 Å². The van der Waals surface area contributed by atoms with Crippen LogP contribution in [-0.4, -0.2) is 27.0 Å². The minimum atomic E-state index is -0.450. The van der Waals surface area contributed by atoms with Gasteiger partial charge in [-0.2, -0.15) is 0 Å². The zero-order chi connectivity index (χ0) is 14.5. The van der Waals surface area contributed by atoms with Gasteiger partial charge in [-0.1, -0.05) is 6.08 Å². The van der Waals surface area contributed by atoms with Crippen molar-refractivity contribution in [2.24, 2.45) is 0 Å². The monoisotopic (exact) mass is 276 g/mol. The average molecular weight is 276 g/mol. The first-order chi connectivity index (χ1) is 9.71. The summed E-state index contributed by atoms with van der Waals surface area (Å²) >= 11 is 0. The molecule has 5 nitrogen and oxygen atoms in total. The van der Waals surface area contributed by atoms with E-state index in [9.17, 15) is 4.79 Å². The Morgan fingerprint density at radius 3 is 2.90 bits per heavy atom. The molecule has 1 aliphatic rings. The highest BCUT2D eigenvalue weighted by atomic mass is 16.7. The van der Waals surface area contributed by atoms with E-state index in [4.69, 9.17) is 14.2 Å². The molecule has 0 bridgehead atoms. The molecule has 0 aliphatic carbocycles. The molecular weight excluding hydrogens is 260 g/mol. The number of carbonyl (C=O) groups excluding carboxylic acids is 1. The maximum absolute atomic E-state index is 11.3. The van der Waals surface area contributed by atoms with E-state index in [1.165, 1.54) is 13.2 Å². The lowest BCUT2D eigenvalue weighted by molar-refractivity contribution is -0.134. The van der Waals surface area contributed by atoms with Gasteiger partial charge in [0.15, 0.2) is 11.5 Å². The molecule has 1 aliphatic heterocycles. The summed E-state index contributed by atoms with van der Waals surface area (Å²) in [5.74, 6) is 1.38. The van der Waals surface area contributed by atoms with Crippen LogP contribution >= 0.6 is 0 Å². The van der Waals surface area contributed by atoms with E-state index in [1.54, 1.807) is 19.3 Å². The van der Waals surface area contributed by atoms with E-state index in [-0.39, 0.29) is 6.79 Å². The second-order valence-corrected chi connectivity index (χ2v) is 4.07. The number of allylic oxidation sites excluding steroid dienone is 1. The minimum absolute atomic E-state index is 0.148. The lowest BCUT2D eigenvalue weighted by atomic mass is 10.0. The molecular formula is C15H16O5. The van der Waals surface area contributed by atoms with Crippen LogP contribution in [0.3, 0.4) is 0 Å². The molecule has 0 fully saturated rings. The van der Waals surface area contributed by atoms with Gasteiger partial charge in [0, 0.05) is 11.6 Å². The van der Waals surface area contributed by atoms with Crippen LogP contribution in [0, 0.1) is 0 Å². The summed E-state index contributed by atoms with van der Waals surface area (Å²) in [6.45, 7) is 3.87. The number of esters is 1. The van der Waals surface area contributed by atoms with Crippen molar-refractivity contribution in [2.75, 3.05) is 21.0 Å². The van der Waals surface area contributed by atoms with Crippen LogP contribution in [0.5, 0.6) is 17.2 Å². The fourth-order valence-electron chi connectivity index (χ4n) is 2.03. The van der Waals surface area contributed by atoms with Crippen molar-refractivity contribution in [3.8, 4) is 17.2 Å². The van der Waals surface area contributed by atoms with Crippen molar-refractivity contribution in [1.29, 1.82) is 0 Å².